The fourth-order valence-corrected chi connectivity index (χ4v) is 5.50. The van der Waals surface area contributed by atoms with E-state index < -0.39 is 0 Å². The van der Waals surface area contributed by atoms with Crippen LogP contribution in [0.15, 0.2) is 42.2 Å². The van der Waals surface area contributed by atoms with Crippen LogP contribution in [-0.4, -0.2) is 40.3 Å². The van der Waals surface area contributed by atoms with E-state index in [2.05, 4.69) is 53.4 Å². The van der Waals surface area contributed by atoms with Crippen LogP contribution in [-0.2, 0) is 0 Å². The summed E-state index contributed by atoms with van der Waals surface area (Å²) >= 11 is 3.56. The Morgan fingerprint density at radius 2 is 1.97 bits per heavy atom. The van der Waals surface area contributed by atoms with Crippen LogP contribution in [0.2, 0.25) is 0 Å². The summed E-state index contributed by atoms with van der Waals surface area (Å²) < 4.78 is 12.5. The standard InChI is InChI=1S/C23H19IN6O3S/c1-11-16(32-2)7-17(33-3)18(24)19(11)29-23(31)14-9-34-21-20(14)25-10-26-22(21)28-13-5-4-12-8-27-30-15(12)6-13/h4-10H,1-3H3,(H,27,30)(H,29,31)(H,25,26,28). The molecule has 172 valence electrons. The maximum atomic E-state index is 13.3. The number of fused-ring (bicyclic) bond motifs is 2. The lowest BCUT2D eigenvalue weighted by Gasteiger charge is -2.16. The van der Waals surface area contributed by atoms with Crippen molar-refractivity contribution in [1.82, 2.24) is 20.2 Å². The molecule has 3 N–H and O–H groups in total. The first-order chi connectivity index (χ1) is 16.5. The van der Waals surface area contributed by atoms with Crippen molar-refractivity contribution < 1.29 is 14.3 Å². The maximum absolute atomic E-state index is 13.3. The van der Waals surface area contributed by atoms with E-state index in [0.29, 0.717) is 34.1 Å². The van der Waals surface area contributed by atoms with E-state index in [-0.39, 0.29) is 5.91 Å². The van der Waals surface area contributed by atoms with Gasteiger partial charge in [-0.15, -0.1) is 11.3 Å². The molecule has 2 aromatic carbocycles. The summed E-state index contributed by atoms with van der Waals surface area (Å²) in [4.78, 5) is 22.1. The monoisotopic (exact) mass is 586 g/mol. The van der Waals surface area contributed by atoms with Crippen molar-refractivity contribution in [2.45, 2.75) is 6.92 Å². The first-order valence-corrected chi connectivity index (χ1v) is 12.1. The van der Waals surface area contributed by atoms with Crippen LogP contribution in [0.4, 0.5) is 17.2 Å². The predicted octanol–water partition coefficient (Wildman–Crippen LogP) is 5.49. The van der Waals surface area contributed by atoms with Gasteiger partial charge in [0, 0.05) is 28.1 Å². The summed E-state index contributed by atoms with van der Waals surface area (Å²) in [5.41, 5.74) is 4.26. The number of H-pyrrole nitrogens is 1. The fraction of sp³-hybridized carbons (Fsp3) is 0.130. The Balaban J connectivity index is 1.48. The van der Waals surface area contributed by atoms with Gasteiger partial charge in [-0.25, -0.2) is 9.97 Å². The molecule has 34 heavy (non-hydrogen) atoms. The van der Waals surface area contributed by atoms with Crippen LogP contribution < -0.4 is 20.1 Å². The Hall–Kier alpha value is -3.45. The number of amides is 1. The fourth-order valence-electron chi connectivity index (χ4n) is 3.64. The Kier molecular flexibility index (Phi) is 5.96. The number of thiophene rings is 1. The average Bonchev–Trinajstić information content (AvgIpc) is 3.49. The summed E-state index contributed by atoms with van der Waals surface area (Å²) in [5, 5.41) is 16.2. The molecule has 3 aromatic heterocycles. The van der Waals surface area contributed by atoms with E-state index in [9.17, 15) is 4.79 Å². The minimum atomic E-state index is -0.272. The van der Waals surface area contributed by atoms with E-state index >= 15 is 0 Å². The summed E-state index contributed by atoms with van der Waals surface area (Å²) in [7, 11) is 3.17. The Labute approximate surface area is 212 Å². The van der Waals surface area contributed by atoms with E-state index in [1.54, 1.807) is 31.9 Å². The maximum Gasteiger partial charge on any atom is 0.258 e. The topological polar surface area (TPSA) is 114 Å². The molecule has 5 aromatic rings. The third-order valence-corrected chi connectivity index (χ3v) is 7.47. The number of methoxy groups -OCH3 is 2. The van der Waals surface area contributed by atoms with Crippen LogP contribution in [0.5, 0.6) is 11.5 Å². The number of ether oxygens (including phenoxy) is 2. The highest BCUT2D eigenvalue weighted by atomic mass is 127. The molecule has 0 saturated carbocycles. The molecule has 0 radical (unpaired) electrons. The molecular weight excluding hydrogens is 567 g/mol. The van der Waals surface area contributed by atoms with Crippen LogP contribution in [0.1, 0.15) is 15.9 Å². The van der Waals surface area contributed by atoms with Crippen molar-refractivity contribution in [2.75, 3.05) is 24.9 Å². The minimum absolute atomic E-state index is 0.272. The number of rotatable bonds is 6. The van der Waals surface area contributed by atoms with E-state index in [1.807, 2.05) is 25.1 Å². The first kappa shape index (κ1) is 22.3. The van der Waals surface area contributed by atoms with Crippen molar-refractivity contribution in [3.63, 3.8) is 0 Å². The molecule has 5 rings (SSSR count). The minimum Gasteiger partial charge on any atom is -0.496 e. The second kappa shape index (κ2) is 9.06. The lowest BCUT2D eigenvalue weighted by Crippen LogP contribution is -2.14. The van der Waals surface area contributed by atoms with Gasteiger partial charge in [0.1, 0.15) is 17.8 Å². The van der Waals surface area contributed by atoms with E-state index in [4.69, 9.17) is 9.47 Å². The molecule has 11 heteroatoms. The number of anilines is 3. The molecule has 0 bridgehead atoms. The number of halogens is 1. The van der Waals surface area contributed by atoms with Crippen molar-refractivity contribution in [1.29, 1.82) is 0 Å². The molecule has 0 aliphatic heterocycles. The summed E-state index contributed by atoms with van der Waals surface area (Å²) in [6, 6.07) is 7.68. The van der Waals surface area contributed by atoms with Gasteiger partial charge in [-0.05, 0) is 47.7 Å². The second-order valence-corrected chi connectivity index (χ2v) is 9.35. The molecule has 0 atom stereocenters. The number of nitrogens with one attached hydrogen (secondary N) is 3. The number of hydrogen-bond donors (Lipinski definition) is 3. The van der Waals surface area contributed by atoms with Gasteiger partial charge < -0.3 is 20.1 Å². The van der Waals surface area contributed by atoms with Gasteiger partial charge in [0.2, 0.25) is 0 Å². The molecule has 3 heterocycles. The van der Waals surface area contributed by atoms with Crippen molar-refractivity contribution in [3.8, 4) is 11.5 Å². The van der Waals surface area contributed by atoms with Crippen LogP contribution in [0.25, 0.3) is 21.1 Å². The van der Waals surface area contributed by atoms with Crippen LogP contribution >= 0.6 is 33.9 Å². The van der Waals surface area contributed by atoms with Gasteiger partial charge >= 0.3 is 0 Å². The van der Waals surface area contributed by atoms with E-state index in [1.165, 1.54) is 17.7 Å². The summed E-state index contributed by atoms with van der Waals surface area (Å²) in [6.07, 6.45) is 3.22. The highest BCUT2D eigenvalue weighted by Crippen LogP contribution is 2.39. The molecule has 0 aliphatic carbocycles. The molecular formula is C23H19IN6O3S. The van der Waals surface area contributed by atoms with Gasteiger partial charge in [-0.2, -0.15) is 5.10 Å². The third-order valence-electron chi connectivity index (χ3n) is 5.42. The van der Waals surface area contributed by atoms with Gasteiger partial charge in [0.05, 0.1) is 51.0 Å². The molecule has 0 aliphatic rings. The molecule has 9 nitrogen and oxygen atoms in total. The smallest absolute Gasteiger partial charge is 0.258 e. The first-order valence-electron chi connectivity index (χ1n) is 10.1. The van der Waals surface area contributed by atoms with Gasteiger partial charge in [0.15, 0.2) is 5.82 Å². The summed E-state index contributed by atoms with van der Waals surface area (Å²) in [6.45, 7) is 1.89. The summed E-state index contributed by atoms with van der Waals surface area (Å²) in [5.74, 6) is 1.61. The van der Waals surface area contributed by atoms with E-state index in [0.717, 1.165) is 30.4 Å². The zero-order valence-corrected chi connectivity index (χ0v) is 21.4. The Bertz CT molecular complexity index is 1520. The normalized spacial score (nSPS) is 11.1. The molecule has 0 saturated heterocycles. The second-order valence-electron chi connectivity index (χ2n) is 7.40. The Morgan fingerprint density at radius 3 is 2.76 bits per heavy atom. The largest absolute Gasteiger partial charge is 0.496 e. The van der Waals surface area contributed by atoms with Gasteiger partial charge in [-0.1, -0.05) is 0 Å². The zero-order chi connectivity index (χ0) is 23.8. The van der Waals surface area contributed by atoms with Gasteiger partial charge in [0.25, 0.3) is 5.91 Å². The number of nitrogens with zero attached hydrogens (tertiary/aromatic N) is 3. The zero-order valence-electron chi connectivity index (χ0n) is 18.4. The molecule has 0 fully saturated rings. The van der Waals surface area contributed by atoms with Crippen molar-refractivity contribution in [2.24, 2.45) is 0 Å². The van der Waals surface area contributed by atoms with Gasteiger partial charge in [-0.3, -0.25) is 9.89 Å². The van der Waals surface area contributed by atoms with Crippen molar-refractivity contribution >= 4 is 78.1 Å². The quantitative estimate of drug-likeness (QED) is 0.226. The number of hydrogen-bond acceptors (Lipinski definition) is 8. The average molecular weight is 586 g/mol. The van der Waals surface area contributed by atoms with Crippen molar-refractivity contribution in [3.05, 3.63) is 56.9 Å². The molecule has 0 spiro atoms. The lowest BCUT2D eigenvalue weighted by atomic mass is 10.1. The van der Waals surface area contributed by atoms with Crippen LogP contribution in [0, 0.1) is 10.5 Å². The highest BCUT2D eigenvalue weighted by Gasteiger charge is 2.21. The molecule has 1 amide bonds. The highest BCUT2D eigenvalue weighted by molar-refractivity contribution is 14.1. The number of benzene rings is 2. The molecule has 0 unspecified atom stereocenters. The van der Waals surface area contributed by atoms with Crippen LogP contribution in [0.3, 0.4) is 0 Å². The lowest BCUT2D eigenvalue weighted by molar-refractivity contribution is 0.102. The number of carbonyl (C=O) groups is 1. The SMILES string of the molecule is COc1cc(OC)c(I)c(NC(=O)c2csc3c(Nc4ccc5cn[nH]c5c4)ncnc23)c1C. The Morgan fingerprint density at radius 1 is 1.15 bits per heavy atom. The third kappa shape index (κ3) is 3.90. The number of aromatic amines is 1. The predicted molar refractivity (Wildman–Crippen MR) is 142 cm³/mol. The number of aromatic nitrogens is 4. The number of carbonyl (C=O) groups excluding carboxylic acids is 1.